The van der Waals surface area contributed by atoms with Crippen LogP contribution in [0.1, 0.15) is 128 Å². The molecule has 0 radical (unpaired) electrons. The van der Waals surface area contributed by atoms with Crippen LogP contribution in [-0.2, 0) is 14.3 Å². The van der Waals surface area contributed by atoms with Crippen LogP contribution in [0.5, 0.6) is 0 Å². The Morgan fingerprint density at radius 3 is 2.31 bits per heavy atom. The van der Waals surface area contributed by atoms with E-state index in [0.717, 1.165) is 96.4 Å². The molecule has 0 amide bonds. The molecule has 5 rings (SSSR count). The van der Waals surface area contributed by atoms with Crippen LogP contribution >= 0.6 is 0 Å². The maximum Gasteiger partial charge on any atom is 0.139 e. The smallest absolute Gasteiger partial charge is 0.139 e. The molecule has 9 heteroatoms. The molecule has 0 aromatic rings. The Hall–Kier alpha value is -0.650. The monoisotopic (exact) mass is 637 g/mol. The second-order valence-electron chi connectivity index (χ2n) is 15.8. The lowest BCUT2D eigenvalue weighted by atomic mass is 9.58. The third kappa shape index (κ3) is 8.88. The number of hydrogen-bond donors (Lipinski definition) is 6. The van der Waals surface area contributed by atoms with Gasteiger partial charge in [0, 0.05) is 32.3 Å². The summed E-state index contributed by atoms with van der Waals surface area (Å²) >= 11 is 0. The van der Waals surface area contributed by atoms with E-state index in [4.69, 9.17) is 15.2 Å². The van der Waals surface area contributed by atoms with Crippen LogP contribution < -0.4 is 11.1 Å². The van der Waals surface area contributed by atoms with Gasteiger partial charge in [-0.1, -0.05) is 32.1 Å². The van der Waals surface area contributed by atoms with Gasteiger partial charge < -0.3 is 35.2 Å². The highest BCUT2D eigenvalue weighted by Crippen LogP contribution is 2.55. The molecule has 11 atom stereocenters. The zero-order valence-electron chi connectivity index (χ0n) is 27.9. The summed E-state index contributed by atoms with van der Waals surface area (Å²) in [5, 5.41) is 46.1. The number of carbonyl (C=O) groups excluding carboxylic acids is 1. The van der Waals surface area contributed by atoms with Gasteiger partial charge in [-0.15, -0.1) is 0 Å². The predicted octanol–water partition coefficient (Wildman–Crippen LogP) is 2.94. The van der Waals surface area contributed by atoms with E-state index in [9.17, 15) is 25.2 Å². The molecule has 4 aliphatic carbocycles. The molecule has 260 valence electrons. The van der Waals surface area contributed by atoms with E-state index < -0.39 is 30.3 Å². The zero-order chi connectivity index (χ0) is 32.0. The van der Waals surface area contributed by atoms with Crippen molar-refractivity contribution in [2.75, 3.05) is 13.7 Å². The first kappa shape index (κ1) is 35.7. The molecule has 0 aromatic carbocycles. The molecule has 0 spiro atoms. The minimum Gasteiger partial charge on any atom is -0.392 e. The summed E-state index contributed by atoms with van der Waals surface area (Å²) < 4.78 is 11.9. The van der Waals surface area contributed by atoms with Crippen LogP contribution in [0.4, 0.5) is 0 Å². The first-order chi connectivity index (χ1) is 21.7. The van der Waals surface area contributed by atoms with Gasteiger partial charge in [-0.2, -0.15) is 0 Å². The molecular formula is C36H65N2O7+. The quantitative estimate of drug-likeness (QED) is 0.180. The van der Waals surface area contributed by atoms with Crippen molar-refractivity contribution in [1.29, 1.82) is 0 Å². The number of piperidine rings is 1. The van der Waals surface area contributed by atoms with Crippen molar-refractivity contribution in [1.82, 2.24) is 0 Å². The SMILES string of the molecule is COC1CC(CCC(O)C(C(=O)CCC2CC(O)C(O)C(OC3CCCCC3)C2)C2(C3CC[NH2+]C(N)C3)CCCC2)CCC1O. The number of carbonyl (C=O) groups is 1. The molecule has 4 saturated carbocycles. The van der Waals surface area contributed by atoms with E-state index in [0.29, 0.717) is 43.9 Å². The summed E-state index contributed by atoms with van der Waals surface area (Å²) in [6, 6.07) is 0. The number of ether oxygens (including phenoxy) is 2. The maximum atomic E-state index is 14.5. The Kier molecular flexibility index (Phi) is 13.2. The Balaban J connectivity index is 1.27. The number of hydrogen-bond acceptors (Lipinski definition) is 8. The summed E-state index contributed by atoms with van der Waals surface area (Å²) in [4.78, 5) is 14.5. The van der Waals surface area contributed by atoms with Gasteiger partial charge in [0.2, 0.25) is 0 Å². The van der Waals surface area contributed by atoms with Crippen LogP contribution in [0.2, 0.25) is 0 Å². The number of methoxy groups -OCH3 is 1. The lowest BCUT2D eigenvalue weighted by Gasteiger charge is -2.47. The Bertz CT molecular complexity index is 910. The number of rotatable bonds is 13. The fraction of sp³-hybridized carbons (Fsp3) is 0.972. The number of ketones is 1. The molecule has 0 bridgehead atoms. The van der Waals surface area contributed by atoms with Crippen molar-refractivity contribution in [2.45, 2.75) is 177 Å². The van der Waals surface area contributed by atoms with Crippen LogP contribution in [-0.4, -0.2) is 88.8 Å². The van der Waals surface area contributed by atoms with Crippen molar-refractivity contribution in [3.05, 3.63) is 0 Å². The highest BCUT2D eigenvalue weighted by atomic mass is 16.5. The summed E-state index contributed by atoms with van der Waals surface area (Å²) in [6.07, 6.45) is 14.5. The van der Waals surface area contributed by atoms with Gasteiger partial charge in [0.15, 0.2) is 0 Å². The van der Waals surface area contributed by atoms with E-state index in [1.54, 1.807) is 7.11 Å². The number of nitrogens with two attached hydrogens (primary N) is 2. The average molecular weight is 638 g/mol. The minimum atomic E-state index is -0.874. The third-order valence-electron chi connectivity index (χ3n) is 12.9. The Morgan fingerprint density at radius 1 is 0.867 bits per heavy atom. The lowest BCUT2D eigenvalue weighted by molar-refractivity contribution is -0.700. The molecule has 1 heterocycles. The van der Waals surface area contributed by atoms with Crippen molar-refractivity contribution in [2.24, 2.45) is 34.8 Å². The van der Waals surface area contributed by atoms with Gasteiger partial charge in [-0.3, -0.25) is 10.5 Å². The standard InChI is InChI=1S/C36H64N2O7/c1-44-31-20-23(9-12-27(31)39)10-13-28(40)34(36(16-5-6-17-36)25-15-18-38-33(37)22-25)29(41)14-11-24-19-30(42)35(43)32(21-24)45-26-7-3-2-4-8-26/h23-28,30-35,38-40,42-43H,2-22,37H2,1H3/p+1. The van der Waals surface area contributed by atoms with E-state index in [1.165, 1.54) is 6.42 Å². The van der Waals surface area contributed by atoms with Crippen molar-refractivity contribution < 1.29 is 40.0 Å². The van der Waals surface area contributed by atoms with E-state index in [1.807, 2.05) is 0 Å². The summed E-state index contributed by atoms with van der Waals surface area (Å²) in [7, 11) is 1.66. The van der Waals surface area contributed by atoms with Crippen molar-refractivity contribution >= 4 is 5.78 Å². The lowest BCUT2D eigenvalue weighted by Crippen LogP contribution is -2.95. The topological polar surface area (TPSA) is 159 Å². The van der Waals surface area contributed by atoms with Crippen LogP contribution in [0.15, 0.2) is 0 Å². The fourth-order valence-electron chi connectivity index (χ4n) is 10.4. The number of quaternary nitrogens is 1. The predicted molar refractivity (Wildman–Crippen MR) is 172 cm³/mol. The van der Waals surface area contributed by atoms with Gasteiger partial charge in [0.05, 0.1) is 43.2 Å². The van der Waals surface area contributed by atoms with E-state index in [-0.39, 0.29) is 41.6 Å². The molecule has 9 nitrogen and oxygen atoms in total. The summed E-state index contributed by atoms with van der Waals surface area (Å²) in [5.74, 6) is 0.585. The molecular weight excluding hydrogens is 572 g/mol. The molecule has 8 N–H and O–H groups in total. The van der Waals surface area contributed by atoms with Crippen LogP contribution in [0, 0.1) is 29.1 Å². The second kappa shape index (κ2) is 16.6. The Morgan fingerprint density at radius 2 is 1.60 bits per heavy atom. The molecule has 0 aromatic heterocycles. The number of aliphatic hydroxyl groups excluding tert-OH is 4. The molecule has 1 saturated heterocycles. The van der Waals surface area contributed by atoms with Gasteiger partial charge in [-0.05, 0) is 100 Å². The van der Waals surface area contributed by atoms with E-state index >= 15 is 0 Å². The first-order valence-electron chi connectivity index (χ1n) is 18.7. The molecule has 5 aliphatic rings. The highest BCUT2D eigenvalue weighted by Gasteiger charge is 2.53. The number of aliphatic hydroxyl groups is 4. The normalized spacial score (nSPS) is 39.4. The fourth-order valence-corrected chi connectivity index (χ4v) is 10.4. The molecule has 1 aliphatic heterocycles. The van der Waals surface area contributed by atoms with Gasteiger partial charge in [-0.25, -0.2) is 0 Å². The zero-order valence-corrected chi connectivity index (χ0v) is 27.9. The maximum absolute atomic E-state index is 14.5. The third-order valence-corrected chi connectivity index (χ3v) is 12.9. The number of Topliss-reactive ketones (excluding diaryl/α,β-unsaturated/α-hetero) is 1. The molecule has 11 unspecified atom stereocenters. The van der Waals surface area contributed by atoms with Gasteiger partial charge in [0.25, 0.3) is 0 Å². The van der Waals surface area contributed by atoms with Gasteiger partial charge >= 0.3 is 0 Å². The summed E-state index contributed by atoms with van der Waals surface area (Å²) in [5.41, 5.74) is 6.25. The Labute approximate surface area is 271 Å². The van der Waals surface area contributed by atoms with E-state index in [2.05, 4.69) is 5.32 Å². The molecule has 45 heavy (non-hydrogen) atoms. The first-order valence-corrected chi connectivity index (χ1v) is 18.7. The minimum absolute atomic E-state index is 0.0463. The van der Waals surface area contributed by atoms with Crippen LogP contribution in [0.3, 0.4) is 0 Å². The van der Waals surface area contributed by atoms with Gasteiger partial charge in [0.1, 0.15) is 18.1 Å². The largest absolute Gasteiger partial charge is 0.392 e. The second-order valence-corrected chi connectivity index (χ2v) is 15.8. The highest BCUT2D eigenvalue weighted by molar-refractivity contribution is 5.82. The van der Waals surface area contributed by atoms with Crippen molar-refractivity contribution in [3.63, 3.8) is 0 Å². The average Bonchev–Trinajstić information content (AvgIpc) is 3.53. The summed E-state index contributed by atoms with van der Waals surface area (Å²) in [6.45, 7) is 0.970. The van der Waals surface area contributed by atoms with Crippen LogP contribution in [0.25, 0.3) is 0 Å². The molecule has 5 fully saturated rings. The van der Waals surface area contributed by atoms with Crippen molar-refractivity contribution in [3.8, 4) is 0 Å².